The summed E-state index contributed by atoms with van der Waals surface area (Å²) in [4.78, 5) is 22.9. The monoisotopic (exact) mass is 387 g/mol. The summed E-state index contributed by atoms with van der Waals surface area (Å²) in [6, 6.07) is 16.4. The average molecular weight is 387 g/mol. The molecule has 5 heteroatoms. The zero-order valence-corrected chi connectivity index (χ0v) is 15.8. The Hall–Kier alpha value is -3.36. The van der Waals surface area contributed by atoms with Gasteiger partial charge in [-0.25, -0.2) is 4.79 Å². The molecule has 0 saturated carbocycles. The molecule has 0 unspecified atom stereocenters. The van der Waals surface area contributed by atoms with E-state index in [1.54, 1.807) is 5.38 Å². The zero-order chi connectivity index (χ0) is 19.3. The maximum atomic E-state index is 12.1. The molecule has 2 aromatic carbocycles. The van der Waals surface area contributed by atoms with Gasteiger partial charge in [-0.15, -0.1) is 0 Å². The lowest BCUT2D eigenvalue weighted by Crippen LogP contribution is -2.26. The van der Waals surface area contributed by atoms with Crippen LogP contribution in [0.3, 0.4) is 0 Å². The number of hydrogen-bond acceptors (Lipinski definition) is 4. The van der Waals surface area contributed by atoms with Crippen molar-refractivity contribution in [3.8, 4) is 23.0 Å². The number of carbonyl (C=O) groups is 2. The van der Waals surface area contributed by atoms with Crippen LogP contribution in [0.25, 0.3) is 11.1 Å². The van der Waals surface area contributed by atoms with Gasteiger partial charge in [-0.05, 0) is 22.3 Å². The van der Waals surface area contributed by atoms with E-state index in [1.165, 1.54) is 33.6 Å². The van der Waals surface area contributed by atoms with Crippen LogP contribution >= 0.6 is 11.3 Å². The van der Waals surface area contributed by atoms with Crippen molar-refractivity contribution in [2.45, 2.75) is 5.92 Å². The zero-order valence-electron chi connectivity index (χ0n) is 15.0. The Labute approximate surface area is 167 Å². The molecule has 0 spiro atoms. The molecule has 0 saturated heterocycles. The Morgan fingerprint density at radius 3 is 2.43 bits per heavy atom. The van der Waals surface area contributed by atoms with E-state index in [9.17, 15) is 9.59 Å². The Bertz CT molecular complexity index is 1040. The van der Waals surface area contributed by atoms with Crippen LogP contribution in [-0.4, -0.2) is 25.5 Å². The first kappa shape index (κ1) is 18.0. The minimum Gasteiger partial charge on any atom is -0.449 e. The summed E-state index contributed by atoms with van der Waals surface area (Å²) < 4.78 is 5.45. The van der Waals surface area contributed by atoms with Gasteiger partial charge in [0.05, 0.1) is 6.54 Å². The summed E-state index contributed by atoms with van der Waals surface area (Å²) in [5.74, 6) is 5.75. The molecule has 0 bridgehead atoms. The molecule has 138 valence electrons. The van der Waals surface area contributed by atoms with Crippen LogP contribution in [0, 0.1) is 11.8 Å². The van der Waals surface area contributed by atoms with Crippen molar-refractivity contribution in [3.05, 3.63) is 81.5 Å². The Morgan fingerprint density at radius 2 is 1.75 bits per heavy atom. The van der Waals surface area contributed by atoms with Gasteiger partial charge in [-0.3, -0.25) is 4.79 Å². The summed E-state index contributed by atoms with van der Waals surface area (Å²) in [5.41, 5.74) is 5.98. The smallest absolute Gasteiger partial charge is 0.407 e. The van der Waals surface area contributed by atoms with Crippen molar-refractivity contribution in [2.24, 2.45) is 0 Å². The molecule has 1 amide bonds. The van der Waals surface area contributed by atoms with E-state index in [-0.39, 0.29) is 19.1 Å². The molecule has 1 aliphatic carbocycles. The lowest BCUT2D eigenvalue weighted by Gasteiger charge is -2.14. The quantitative estimate of drug-likeness (QED) is 0.531. The topological polar surface area (TPSA) is 55.4 Å². The van der Waals surface area contributed by atoms with Crippen molar-refractivity contribution in [1.82, 2.24) is 5.32 Å². The highest BCUT2D eigenvalue weighted by Gasteiger charge is 2.28. The van der Waals surface area contributed by atoms with Gasteiger partial charge in [0, 0.05) is 27.8 Å². The van der Waals surface area contributed by atoms with Gasteiger partial charge in [0.2, 0.25) is 0 Å². The van der Waals surface area contributed by atoms with Crippen molar-refractivity contribution >= 4 is 23.7 Å². The number of rotatable bonds is 4. The fourth-order valence-corrected chi connectivity index (χ4v) is 4.13. The second-order valence-electron chi connectivity index (χ2n) is 6.34. The molecule has 0 radical (unpaired) electrons. The molecule has 1 aliphatic rings. The van der Waals surface area contributed by atoms with Gasteiger partial charge >= 0.3 is 6.09 Å². The van der Waals surface area contributed by atoms with Gasteiger partial charge in [-0.1, -0.05) is 60.4 Å². The van der Waals surface area contributed by atoms with Gasteiger partial charge in [0.25, 0.3) is 0 Å². The second-order valence-corrected chi connectivity index (χ2v) is 7.08. The van der Waals surface area contributed by atoms with Crippen LogP contribution in [0.5, 0.6) is 0 Å². The van der Waals surface area contributed by atoms with Crippen LogP contribution in [0.1, 0.15) is 33.0 Å². The first-order chi connectivity index (χ1) is 13.8. The molecule has 1 aromatic heterocycles. The van der Waals surface area contributed by atoms with E-state index in [0.717, 1.165) is 6.29 Å². The maximum absolute atomic E-state index is 12.1. The standard InChI is InChI=1S/C23H17NO3S/c25-12-17-15-28-14-16(17)6-5-11-24-23(26)27-13-22-20-9-3-1-7-18(20)19-8-2-4-10-21(19)22/h1-4,7-10,12,14-15,22H,11,13H2,(H,24,26). The molecule has 0 atom stereocenters. The summed E-state index contributed by atoms with van der Waals surface area (Å²) in [6.07, 6.45) is 0.275. The van der Waals surface area contributed by atoms with Gasteiger partial charge in [0.15, 0.2) is 6.29 Å². The van der Waals surface area contributed by atoms with Crippen LogP contribution in [0.4, 0.5) is 4.79 Å². The molecular weight excluding hydrogens is 370 g/mol. The predicted molar refractivity (Wildman–Crippen MR) is 110 cm³/mol. The number of hydrogen-bond donors (Lipinski definition) is 1. The van der Waals surface area contributed by atoms with Crippen molar-refractivity contribution in [1.29, 1.82) is 0 Å². The highest BCUT2D eigenvalue weighted by atomic mass is 32.1. The highest BCUT2D eigenvalue weighted by molar-refractivity contribution is 7.08. The SMILES string of the molecule is O=Cc1cscc1C#CCNC(=O)OCC1c2ccccc2-c2ccccc21. The summed E-state index contributed by atoms with van der Waals surface area (Å²) in [5, 5.41) is 6.19. The third kappa shape index (κ3) is 3.55. The highest BCUT2D eigenvalue weighted by Crippen LogP contribution is 2.44. The molecule has 3 aromatic rings. The Kier molecular flexibility index (Phi) is 5.22. The largest absolute Gasteiger partial charge is 0.449 e. The fraction of sp³-hybridized carbons (Fsp3) is 0.130. The van der Waals surface area contributed by atoms with Gasteiger partial charge < -0.3 is 10.1 Å². The number of amides is 1. The van der Waals surface area contributed by atoms with Crippen molar-refractivity contribution in [2.75, 3.05) is 13.2 Å². The molecule has 1 N–H and O–H groups in total. The normalized spacial score (nSPS) is 11.7. The molecule has 4 rings (SSSR count). The average Bonchev–Trinajstić information content (AvgIpc) is 3.32. The molecule has 0 aliphatic heterocycles. The predicted octanol–water partition coefficient (Wildman–Crippen LogP) is 4.45. The number of aldehydes is 1. The summed E-state index contributed by atoms with van der Waals surface area (Å²) >= 11 is 1.42. The lowest BCUT2D eigenvalue weighted by molar-refractivity contribution is 0.112. The van der Waals surface area contributed by atoms with Crippen LogP contribution in [0.15, 0.2) is 59.3 Å². The minimum absolute atomic E-state index is 0.0326. The van der Waals surface area contributed by atoms with E-state index < -0.39 is 6.09 Å². The third-order valence-corrected chi connectivity index (χ3v) is 5.47. The van der Waals surface area contributed by atoms with Crippen LogP contribution in [-0.2, 0) is 4.74 Å². The van der Waals surface area contributed by atoms with E-state index in [2.05, 4.69) is 41.4 Å². The number of benzene rings is 2. The van der Waals surface area contributed by atoms with Crippen molar-refractivity contribution in [3.63, 3.8) is 0 Å². The molecule has 28 heavy (non-hydrogen) atoms. The minimum atomic E-state index is -0.503. The van der Waals surface area contributed by atoms with Crippen LogP contribution in [0.2, 0.25) is 0 Å². The van der Waals surface area contributed by atoms with E-state index in [0.29, 0.717) is 11.1 Å². The third-order valence-electron chi connectivity index (χ3n) is 4.71. The first-order valence-electron chi connectivity index (χ1n) is 8.87. The van der Waals surface area contributed by atoms with Gasteiger partial charge in [-0.2, -0.15) is 11.3 Å². The molecule has 0 fully saturated rings. The number of ether oxygens (including phenoxy) is 1. The lowest BCUT2D eigenvalue weighted by atomic mass is 9.98. The van der Waals surface area contributed by atoms with E-state index in [4.69, 9.17) is 4.74 Å². The first-order valence-corrected chi connectivity index (χ1v) is 9.81. The summed E-state index contributed by atoms with van der Waals surface area (Å²) in [7, 11) is 0. The van der Waals surface area contributed by atoms with E-state index >= 15 is 0 Å². The molecule has 4 nitrogen and oxygen atoms in total. The molecule has 1 heterocycles. The Balaban J connectivity index is 1.36. The van der Waals surface area contributed by atoms with Crippen molar-refractivity contribution < 1.29 is 14.3 Å². The second kappa shape index (κ2) is 8.12. The number of fused-ring (bicyclic) bond motifs is 3. The summed E-state index contributed by atoms with van der Waals surface area (Å²) in [6.45, 7) is 0.428. The number of thiophene rings is 1. The van der Waals surface area contributed by atoms with E-state index in [1.807, 2.05) is 29.6 Å². The van der Waals surface area contributed by atoms with Gasteiger partial charge in [0.1, 0.15) is 6.61 Å². The number of alkyl carbamates (subject to hydrolysis) is 1. The number of carbonyl (C=O) groups excluding carboxylic acids is 2. The Morgan fingerprint density at radius 1 is 1.07 bits per heavy atom. The fourth-order valence-electron chi connectivity index (χ4n) is 3.41. The molecular formula is C23H17NO3S. The maximum Gasteiger partial charge on any atom is 0.407 e. The number of nitrogens with one attached hydrogen (secondary N) is 1. The van der Waals surface area contributed by atoms with Crippen LogP contribution < -0.4 is 5.32 Å².